The van der Waals surface area contributed by atoms with Crippen molar-refractivity contribution in [2.24, 2.45) is 0 Å². The normalized spacial score (nSPS) is 14.2. The minimum atomic E-state index is -3.36. The van der Waals surface area contributed by atoms with Crippen molar-refractivity contribution in [2.75, 3.05) is 18.9 Å². The Kier molecular flexibility index (Phi) is 7.55. The van der Waals surface area contributed by atoms with Crippen molar-refractivity contribution in [1.82, 2.24) is 4.31 Å². The van der Waals surface area contributed by atoms with Crippen molar-refractivity contribution in [1.29, 1.82) is 5.26 Å². The topological polar surface area (TPSA) is 99.9 Å². The van der Waals surface area contributed by atoms with Gasteiger partial charge in [0, 0.05) is 19.7 Å². The van der Waals surface area contributed by atoms with Gasteiger partial charge in [-0.3, -0.25) is 0 Å². The van der Waals surface area contributed by atoms with Crippen LogP contribution in [0.2, 0.25) is 0 Å². The highest BCUT2D eigenvalue weighted by molar-refractivity contribution is 7.89. The maximum absolute atomic E-state index is 12.4. The summed E-state index contributed by atoms with van der Waals surface area (Å²) in [7, 11) is -3.36. The molecule has 0 saturated carbocycles. The summed E-state index contributed by atoms with van der Waals surface area (Å²) in [5.74, 6) is 1.23. The number of ether oxygens (including phenoxy) is 2. The van der Waals surface area contributed by atoms with E-state index in [1.54, 1.807) is 12.1 Å². The van der Waals surface area contributed by atoms with Gasteiger partial charge in [-0.25, -0.2) is 8.42 Å². The lowest BCUT2D eigenvalue weighted by Gasteiger charge is -2.28. The molecule has 0 atom stereocenters. The van der Waals surface area contributed by atoms with Crippen molar-refractivity contribution in [3.05, 3.63) is 58.7 Å². The molecule has 0 aromatic heterocycles. The van der Waals surface area contributed by atoms with Crippen LogP contribution in [0.5, 0.6) is 11.5 Å². The van der Waals surface area contributed by atoms with Gasteiger partial charge in [0.25, 0.3) is 0 Å². The smallest absolute Gasteiger partial charge is 0.214 e. The van der Waals surface area contributed by atoms with Crippen LogP contribution in [-0.4, -0.2) is 42.8 Å². The lowest BCUT2D eigenvalue weighted by Crippen LogP contribution is -2.37. The van der Waals surface area contributed by atoms with Crippen LogP contribution in [0.3, 0.4) is 0 Å². The van der Waals surface area contributed by atoms with Gasteiger partial charge in [0.15, 0.2) is 0 Å². The maximum Gasteiger partial charge on any atom is 0.214 e. The van der Waals surface area contributed by atoms with E-state index < -0.39 is 10.0 Å². The molecule has 166 valence electrons. The number of benzene rings is 2. The van der Waals surface area contributed by atoms with Gasteiger partial charge in [-0.1, -0.05) is 12.1 Å². The van der Waals surface area contributed by atoms with Gasteiger partial charge in [-0.2, -0.15) is 9.57 Å². The molecule has 31 heavy (non-hydrogen) atoms. The van der Waals surface area contributed by atoms with Gasteiger partial charge in [-0.15, -0.1) is 0 Å². The number of aliphatic hydroxyl groups excluding tert-OH is 1. The summed E-state index contributed by atoms with van der Waals surface area (Å²) in [6.45, 7) is 4.78. The Bertz CT molecular complexity index is 1060. The molecule has 0 saturated heterocycles. The second-order valence-corrected chi connectivity index (χ2v) is 9.89. The van der Waals surface area contributed by atoms with E-state index in [2.05, 4.69) is 6.07 Å². The van der Waals surface area contributed by atoms with E-state index >= 15 is 0 Å². The third kappa shape index (κ3) is 5.97. The molecular weight excluding hydrogens is 416 g/mol. The standard InChI is InChI=1S/C23H28N2O5S/c1-17(2)30-23-7-4-18(12-21(23)14-24)16-29-22-6-5-20-15-25(9-8-19(20)13-22)31(27,28)11-3-10-26/h4-7,12-13,17,26H,3,8-11,15-16H2,1-2H3. The van der Waals surface area contributed by atoms with Crippen molar-refractivity contribution >= 4 is 10.0 Å². The Morgan fingerprint density at radius 3 is 2.71 bits per heavy atom. The molecule has 1 heterocycles. The van der Waals surface area contributed by atoms with Crippen LogP contribution in [0.4, 0.5) is 0 Å². The molecule has 2 aromatic rings. The molecular formula is C23H28N2O5S. The van der Waals surface area contributed by atoms with E-state index in [1.807, 2.05) is 38.1 Å². The minimum absolute atomic E-state index is 0.00900. The van der Waals surface area contributed by atoms with Crippen molar-refractivity contribution < 1.29 is 23.0 Å². The number of nitriles is 1. The number of fused-ring (bicyclic) bond motifs is 1. The van der Waals surface area contributed by atoms with Gasteiger partial charge >= 0.3 is 0 Å². The van der Waals surface area contributed by atoms with Gasteiger partial charge in [0.2, 0.25) is 10.0 Å². The molecule has 0 aliphatic carbocycles. The SMILES string of the molecule is CC(C)Oc1ccc(COc2ccc3c(c2)CCN(S(=O)(=O)CCCO)C3)cc1C#N. The molecule has 0 radical (unpaired) electrons. The van der Waals surface area contributed by atoms with E-state index in [1.165, 1.54) is 4.31 Å². The van der Waals surface area contributed by atoms with E-state index in [-0.39, 0.29) is 24.9 Å². The molecule has 0 spiro atoms. The third-order valence-corrected chi connectivity index (χ3v) is 6.94. The predicted octanol–water partition coefficient (Wildman–Crippen LogP) is 2.99. The largest absolute Gasteiger partial charge is 0.490 e. The molecule has 8 heteroatoms. The lowest BCUT2D eigenvalue weighted by molar-refractivity contribution is 0.241. The number of aliphatic hydroxyl groups is 1. The van der Waals surface area contributed by atoms with Crippen LogP contribution in [0, 0.1) is 11.3 Å². The van der Waals surface area contributed by atoms with Gasteiger partial charge in [0.05, 0.1) is 17.4 Å². The van der Waals surface area contributed by atoms with E-state index in [0.717, 1.165) is 16.7 Å². The third-order valence-electron chi connectivity index (χ3n) is 5.04. The summed E-state index contributed by atoms with van der Waals surface area (Å²) in [4.78, 5) is 0. The maximum atomic E-state index is 12.4. The monoisotopic (exact) mass is 444 g/mol. The lowest BCUT2D eigenvalue weighted by atomic mass is 10.0. The first kappa shape index (κ1) is 23.1. The number of hydrogen-bond donors (Lipinski definition) is 1. The van der Waals surface area contributed by atoms with Crippen LogP contribution in [0.25, 0.3) is 0 Å². The fourth-order valence-electron chi connectivity index (χ4n) is 3.48. The number of nitrogens with zero attached hydrogens (tertiary/aromatic N) is 2. The molecule has 1 N–H and O–H groups in total. The fourth-order valence-corrected chi connectivity index (χ4v) is 4.94. The molecule has 1 aliphatic heterocycles. The molecule has 0 bridgehead atoms. The molecule has 0 amide bonds. The van der Waals surface area contributed by atoms with Gasteiger partial charge < -0.3 is 14.6 Å². The second-order valence-electron chi connectivity index (χ2n) is 7.80. The molecule has 1 aliphatic rings. The Hall–Kier alpha value is -2.60. The number of hydrogen-bond acceptors (Lipinski definition) is 6. The zero-order valence-corrected chi connectivity index (χ0v) is 18.7. The Morgan fingerprint density at radius 2 is 2.00 bits per heavy atom. The summed E-state index contributed by atoms with van der Waals surface area (Å²) in [6.07, 6.45) is 0.853. The van der Waals surface area contributed by atoms with Crippen LogP contribution in [0.15, 0.2) is 36.4 Å². The average Bonchev–Trinajstić information content (AvgIpc) is 2.76. The van der Waals surface area contributed by atoms with Crippen LogP contribution in [-0.2, 0) is 29.6 Å². The van der Waals surface area contributed by atoms with Crippen molar-refractivity contribution in [3.63, 3.8) is 0 Å². The predicted molar refractivity (Wildman–Crippen MR) is 117 cm³/mol. The van der Waals surface area contributed by atoms with E-state index in [0.29, 0.717) is 43.2 Å². The highest BCUT2D eigenvalue weighted by atomic mass is 32.2. The van der Waals surface area contributed by atoms with Gasteiger partial charge in [0.1, 0.15) is 24.2 Å². The first-order valence-electron chi connectivity index (χ1n) is 10.4. The number of rotatable bonds is 9. The van der Waals surface area contributed by atoms with Crippen LogP contribution < -0.4 is 9.47 Å². The number of sulfonamides is 1. The second kappa shape index (κ2) is 10.1. The first-order chi connectivity index (χ1) is 14.8. The molecule has 0 fully saturated rings. The minimum Gasteiger partial charge on any atom is -0.490 e. The van der Waals surface area contributed by atoms with Crippen molar-refractivity contribution in [3.8, 4) is 17.6 Å². The first-order valence-corrected chi connectivity index (χ1v) is 12.0. The molecule has 2 aromatic carbocycles. The highest BCUT2D eigenvalue weighted by Crippen LogP contribution is 2.27. The summed E-state index contributed by atoms with van der Waals surface area (Å²) in [5.41, 5.74) is 3.38. The van der Waals surface area contributed by atoms with Gasteiger partial charge in [-0.05, 0) is 67.6 Å². The molecule has 0 unspecified atom stereocenters. The van der Waals surface area contributed by atoms with Crippen molar-refractivity contribution in [2.45, 2.75) is 45.9 Å². The fraction of sp³-hybridized carbons (Fsp3) is 0.435. The molecule has 7 nitrogen and oxygen atoms in total. The summed E-state index contributed by atoms with van der Waals surface area (Å²) in [6, 6.07) is 13.3. The zero-order valence-electron chi connectivity index (χ0n) is 17.9. The summed E-state index contributed by atoms with van der Waals surface area (Å²) < 4.78 is 37.8. The van der Waals surface area contributed by atoms with E-state index in [9.17, 15) is 13.7 Å². The highest BCUT2D eigenvalue weighted by Gasteiger charge is 2.26. The van der Waals surface area contributed by atoms with Crippen LogP contribution in [0.1, 0.15) is 42.5 Å². The van der Waals surface area contributed by atoms with Crippen LogP contribution >= 0.6 is 0 Å². The Morgan fingerprint density at radius 1 is 1.19 bits per heavy atom. The van der Waals surface area contributed by atoms with E-state index in [4.69, 9.17) is 14.6 Å². The summed E-state index contributed by atoms with van der Waals surface area (Å²) in [5, 5.41) is 18.3. The Labute approximate surface area is 183 Å². The average molecular weight is 445 g/mol. The Balaban J connectivity index is 1.65. The quantitative estimate of drug-likeness (QED) is 0.638. The molecule has 3 rings (SSSR count). The summed E-state index contributed by atoms with van der Waals surface area (Å²) >= 11 is 0. The zero-order chi connectivity index (χ0) is 22.4.